The molecule has 0 saturated carbocycles. The van der Waals surface area contributed by atoms with E-state index in [1.165, 1.54) is 25.5 Å². The fourth-order valence-electron chi connectivity index (χ4n) is 2.32. The van der Waals surface area contributed by atoms with Crippen molar-refractivity contribution in [2.45, 2.75) is 0 Å². The van der Waals surface area contributed by atoms with Crippen LogP contribution >= 0.6 is 15.9 Å². The maximum Gasteiger partial charge on any atom is 0.250 e. The number of rotatable bonds is 7. The molecule has 0 spiro atoms. The van der Waals surface area contributed by atoms with E-state index in [4.69, 9.17) is 4.74 Å². The Labute approximate surface area is 180 Å². The molecular weight excluding hydrogens is 457 g/mol. The molecule has 1 heterocycles. The first-order valence-electron chi connectivity index (χ1n) is 8.67. The minimum absolute atomic E-state index is 0.00668. The van der Waals surface area contributed by atoms with Crippen LogP contribution in [0.25, 0.3) is 0 Å². The van der Waals surface area contributed by atoms with E-state index in [1.54, 1.807) is 43.3 Å². The molecule has 9 nitrogen and oxygen atoms in total. The number of methoxy groups -OCH3 is 1. The fourth-order valence-corrected chi connectivity index (χ4v) is 2.78. The van der Waals surface area contributed by atoms with Gasteiger partial charge < -0.3 is 20.1 Å². The summed E-state index contributed by atoms with van der Waals surface area (Å²) in [7, 11) is 5.05. The van der Waals surface area contributed by atoms with Crippen LogP contribution in [-0.2, 0) is 0 Å². The van der Waals surface area contributed by atoms with Crippen molar-refractivity contribution in [2.75, 3.05) is 36.8 Å². The van der Waals surface area contributed by atoms with Crippen molar-refractivity contribution in [2.24, 2.45) is 5.10 Å². The van der Waals surface area contributed by atoms with Gasteiger partial charge in [0.15, 0.2) is 11.5 Å². The molecule has 30 heavy (non-hydrogen) atoms. The third-order valence-corrected chi connectivity index (χ3v) is 4.38. The van der Waals surface area contributed by atoms with Crippen molar-refractivity contribution in [3.05, 3.63) is 52.3 Å². The second kappa shape index (κ2) is 9.35. The monoisotopic (exact) mass is 475 g/mol. The van der Waals surface area contributed by atoms with Gasteiger partial charge in [0.2, 0.25) is 17.8 Å². The second-order valence-electron chi connectivity index (χ2n) is 6.23. The van der Waals surface area contributed by atoms with Gasteiger partial charge in [0.05, 0.1) is 17.8 Å². The molecule has 0 bridgehead atoms. The number of halogens is 2. The van der Waals surface area contributed by atoms with E-state index >= 15 is 0 Å². The lowest BCUT2D eigenvalue weighted by Gasteiger charge is -2.13. The van der Waals surface area contributed by atoms with Gasteiger partial charge in [-0.1, -0.05) is 0 Å². The van der Waals surface area contributed by atoms with E-state index in [2.05, 4.69) is 46.7 Å². The number of hydrogen-bond donors (Lipinski definition) is 3. The van der Waals surface area contributed by atoms with Crippen molar-refractivity contribution < 1.29 is 14.2 Å². The van der Waals surface area contributed by atoms with E-state index in [1.807, 2.05) is 0 Å². The summed E-state index contributed by atoms with van der Waals surface area (Å²) >= 11 is 3.26. The summed E-state index contributed by atoms with van der Waals surface area (Å²) in [6.45, 7) is 0. The average Bonchev–Trinajstić information content (AvgIpc) is 2.72. The summed E-state index contributed by atoms with van der Waals surface area (Å²) in [5.74, 6) is 0.867. The summed E-state index contributed by atoms with van der Waals surface area (Å²) in [4.78, 5) is 14.6. The zero-order chi connectivity index (χ0) is 21.7. The third-order valence-electron chi connectivity index (χ3n) is 3.77. The first-order chi connectivity index (χ1) is 14.4. The summed E-state index contributed by atoms with van der Waals surface area (Å²) in [5, 5.41) is 17.0. The van der Waals surface area contributed by atoms with E-state index in [-0.39, 0.29) is 23.5 Å². The maximum absolute atomic E-state index is 13.1. The third kappa shape index (κ3) is 5.32. The summed E-state index contributed by atoms with van der Waals surface area (Å²) in [6, 6.07) is 9.15. The van der Waals surface area contributed by atoms with E-state index < -0.39 is 0 Å². The molecule has 0 atom stereocenters. The molecule has 3 rings (SSSR count). The number of ether oxygens (including phenoxy) is 1. The fraction of sp³-hybridized carbons (Fsp3) is 0.158. The number of benzene rings is 2. The second-order valence-corrected chi connectivity index (χ2v) is 7.09. The number of anilines is 4. The highest BCUT2D eigenvalue weighted by molar-refractivity contribution is 9.10. The molecule has 0 amide bonds. The molecule has 3 aromatic rings. The van der Waals surface area contributed by atoms with Gasteiger partial charge in [0.25, 0.3) is 0 Å². The SMILES string of the molecule is COc1cc(/C=N\Nc2nc(Nc3ccc(F)cc3)nc(N(C)C)n2)cc(Br)c1O. The quantitative estimate of drug-likeness (QED) is 0.350. The molecule has 0 aliphatic heterocycles. The zero-order valence-corrected chi connectivity index (χ0v) is 18.0. The number of hydrogen-bond acceptors (Lipinski definition) is 9. The van der Waals surface area contributed by atoms with Crippen molar-refractivity contribution >= 4 is 45.7 Å². The Hall–Kier alpha value is -3.47. The van der Waals surface area contributed by atoms with Crippen molar-refractivity contribution in [3.8, 4) is 11.5 Å². The average molecular weight is 476 g/mol. The molecule has 0 radical (unpaired) electrons. The molecule has 0 unspecified atom stereocenters. The van der Waals surface area contributed by atoms with Crippen LogP contribution in [-0.4, -0.2) is 47.5 Å². The van der Waals surface area contributed by atoms with E-state index in [0.717, 1.165) is 0 Å². The Bertz CT molecular complexity index is 1060. The highest BCUT2D eigenvalue weighted by Gasteiger charge is 2.09. The highest BCUT2D eigenvalue weighted by Crippen LogP contribution is 2.34. The van der Waals surface area contributed by atoms with Crippen LogP contribution in [0.2, 0.25) is 0 Å². The van der Waals surface area contributed by atoms with Gasteiger partial charge in [-0.3, -0.25) is 0 Å². The van der Waals surface area contributed by atoms with Gasteiger partial charge >= 0.3 is 0 Å². The van der Waals surface area contributed by atoms with Crippen LogP contribution in [0.3, 0.4) is 0 Å². The van der Waals surface area contributed by atoms with Gasteiger partial charge in [-0.2, -0.15) is 20.1 Å². The summed E-state index contributed by atoms with van der Waals surface area (Å²) < 4.78 is 18.7. The minimum atomic E-state index is -0.334. The van der Waals surface area contributed by atoms with Gasteiger partial charge in [0.1, 0.15) is 5.82 Å². The molecule has 2 aromatic carbocycles. The van der Waals surface area contributed by atoms with Crippen LogP contribution in [0.1, 0.15) is 5.56 Å². The Balaban J connectivity index is 1.81. The standard InChI is InChI=1S/C19H19BrFN7O2/c1-28(2)19-25-17(23-13-6-4-12(21)5-7-13)24-18(26-19)27-22-10-11-8-14(20)16(29)15(9-11)30-3/h4-10,29H,1-3H3,(H2,23,24,25,26,27)/b22-10-. The maximum atomic E-state index is 13.1. The molecule has 0 fully saturated rings. The lowest BCUT2D eigenvalue weighted by atomic mass is 10.2. The Morgan fingerprint density at radius 3 is 2.50 bits per heavy atom. The van der Waals surface area contributed by atoms with Crippen LogP contribution in [0.5, 0.6) is 11.5 Å². The molecule has 156 valence electrons. The lowest BCUT2D eigenvalue weighted by molar-refractivity contribution is 0.372. The molecule has 1 aromatic heterocycles. The molecule has 0 aliphatic carbocycles. The number of phenolic OH excluding ortho intramolecular Hbond substituents is 1. The van der Waals surface area contributed by atoms with Crippen LogP contribution < -0.4 is 20.4 Å². The van der Waals surface area contributed by atoms with Crippen LogP contribution in [0.15, 0.2) is 46.0 Å². The largest absolute Gasteiger partial charge is 0.503 e. The normalized spacial score (nSPS) is 10.8. The molecular formula is C19H19BrFN7O2. The van der Waals surface area contributed by atoms with Gasteiger partial charge in [-0.15, -0.1) is 0 Å². The Morgan fingerprint density at radius 2 is 1.83 bits per heavy atom. The number of phenols is 1. The molecule has 3 N–H and O–H groups in total. The minimum Gasteiger partial charge on any atom is -0.503 e. The highest BCUT2D eigenvalue weighted by atomic mass is 79.9. The van der Waals surface area contributed by atoms with E-state index in [0.29, 0.717) is 27.4 Å². The Morgan fingerprint density at radius 1 is 1.13 bits per heavy atom. The predicted molar refractivity (Wildman–Crippen MR) is 117 cm³/mol. The first kappa shape index (κ1) is 21.2. The predicted octanol–water partition coefficient (Wildman–Crippen LogP) is 3.74. The molecule has 0 saturated heterocycles. The van der Waals surface area contributed by atoms with Crippen LogP contribution in [0, 0.1) is 5.82 Å². The van der Waals surface area contributed by atoms with Crippen molar-refractivity contribution in [1.29, 1.82) is 0 Å². The summed E-state index contributed by atoms with van der Waals surface area (Å²) in [6.07, 6.45) is 1.53. The number of nitrogens with zero attached hydrogens (tertiary/aromatic N) is 5. The number of nitrogens with one attached hydrogen (secondary N) is 2. The van der Waals surface area contributed by atoms with Crippen molar-refractivity contribution in [1.82, 2.24) is 15.0 Å². The Kier molecular flexibility index (Phi) is 6.62. The molecule has 11 heteroatoms. The molecule has 0 aliphatic rings. The van der Waals surface area contributed by atoms with Gasteiger partial charge in [-0.25, -0.2) is 9.82 Å². The van der Waals surface area contributed by atoms with Gasteiger partial charge in [0, 0.05) is 19.8 Å². The number of aromatic hydroxyl groups is 1. The number of aromatic nitrogens is 3. The lowest BCUT2D eigenvalue weighted by Crippen LogP contribution is -2.15. The van der Waals surface area contributed by atoms with Crippen LogP contribution in [0.4, 0.5) is 27.9 Å². The first-order valence-corrected chi connectivity index (χ1v) is 9.46. The van der Waals surface area contributed by atoms with Gasteiger partial charge in [-0.05, 0) is 57.9 Å². The van der Waals surface area contributed by atoms with E-state index in [9.17, 15) is 9.50 Å². The smallest absolute Gasteiger partial charge is 0.250 e. The van der Waals surface area contributed by atoms with Crippen molar-refractivity contribution in [3.63, 3.8) is 0 Å². The number of hydrazone groups is 1. The topological polar surface area (TPSA) is 108 Å². The zero-order valence-electron chi connectivity index (χ0n) is 16.4. The summed E-state index contributed by atoms with van der Waals surface area (Å²) in [5.41, 5.74) is 4.06.